The summed E-state index contributed by atoms with van der Waals surface area (Å²) >= 11 is 3.36. The summed E-state index contributed by atoms with van der Waals surface area (Å²) in [5, 5.41) is 10.6. The quantitative estimate of drug-likeness (QED) is 0.539. The Bertz CT molecular complexity index is 706. The molecule has 1 aliphatic heterocycles. The highest BCUT2D eigenvalue weighted by Gasteiger charge is 2.50. The molecule has 8 nitrogen and oxygen atoms in total. The number of carbonyl (C=O) groups excluding carboxylic acids is 3. The first-order valence-corrected chi connectivity index (χ1v) is 9.05. The fourth-order valence-corrected chi connectivity index (χ4v) is 3.28. The lowest BCUT2D eigenvalue weighted by atomic mass is 9.90. The van der Waals surface area contributed by atoms with Crippen molar-refractivity contribution in [3.05, 3.63) is 34.3 Å². The average Bonchev–Trinajstić information content (AvgIpc) is 2.56. The molecule has 0 saturated carbocycles. The molecule has 27 heavy (non-hydrogen) atoms. The molecule has 5 atom stereocenters. The number of halogens is 1. The van der Waals surface area contributed by atoms with E-state index in [9.17, 15) is 19.5 Å². The SMILES string of the molecule is CC(=O)OC[C@H]1OC(c2cccc(Br)c2)[C@@H](OC(C)=O)[C@@H](OC(C)=O)[C@@H]1O. The number of rotatable bonds is 5. The maximum absolute atomic E-state index is 11.6. The molecule has 0 bridgehead atoms. The van der Waals surface area contributed by atoms with Crippen LogP contribution in [0.5, 0.6) is 0 Å². The Hall–Kier alpha value is -1.97. The van der Waals surface area contributed by atoms with Crippen molar-refractivity contribution in [2.75, 3.05) is 6.61 Å². The first-order valence-electron chi connectivity index (χ1n) is 8.26. The first-order chi connectivity index (χ1) is 12.7. The van der Waals surface area contributed by atoms with Crippen LogP contribution in [0.4, 0.5) is 0 Å². The second-order valence-electron chi connectivity index (χ2n) is 6.09. The smallest absolute Gasteiger partial charge is 0.303 e. The van der Waals surface area contributed by atoms with Crippen LogP contribution in [0.25, 0.3) is 0 Å². The van der Waals surface area contributed by atoms with E-state index < -0.39 is 48.4 Å². The minimum Gasteiger partial charge on any atom is -0.463 e. The Kier molecular flexibility index (Phi) is 7.34. The summed E-state index contributed by atoms with van der Waals surface area (Å²) < 4.78 is 22.2. The van der Waals surface area contributed by atoms with Crippen molar-refractivity contribution in [2.45, 2.75) is 51.3 Å². The highest BCUT2D eigenvalue weighted by Crippen LogP contribution is 2.37. The van der Waals surface area contributed by atoms with Gasteiger partial charge in [-0.2, -0.15) is 0 Å². The molecular weight excluding hydrogens is 424 g/mol. The van der Waals surface area contributed by atoms with Crippen molar-refractivity contribution in [2.24, 2.45) is 0 Å². The van der Waals surface area contributed by atoms with Crippen LogP contribution in [0.3, 0.4) is 0 Å². The minimum atomic E-state index is -1.36. The van der Waals surface area contributed by atoms with Gasteiger partial charge in [0.25, 0.3) is 0 Å². The molecule has 9 heteroatoms. The van der Waals surface area contributed by atoms with Crippen molar-refractivity contribution < 1.29 is 38.4 Å². The lowest BCUT2D eigenvalue weighted by molar-refractivity contribution is -0.249. The van der Waals surface area contributed by atoms with E-state index in [1.807, 2.05) is 6.07 Å². The fraction of sp³-hybridized carbons (Fsp3) is 0.500. The largest absolute Gasteiger partial charge is 0.463 e. The van der Waals surface area contributed by atoms with Gasteiger partial charge >= 0.3 is 17.9 Å². The zero-order chi connectivity index (χ0) is 20.1. The molecule has 1 saturated heterocycles. The number of ether oxygens (including phenoxy) is 4. The van der Waals surface area contributed by atoms with Crippen LogP contribution < -0.4 is 0 Å². The highest BCUT2D eigenvalue weighted by atomic mass is 79.9. The second-order valence-corrected chi connectivity index (χ2v) is 7.01. The number of carbonyl (C=O) groups is 3. The van der Waals surface area contributed by atoms with E-state index in [1.165, 1.54) is 20.8 Å². The molecule has 148 valence electrons. The molecule has 0 spiro atoms. The molecular formula is C18H21BrO8. The van der Waals surface area contributed by atoms with Crippen LogP contribution in [0, 0.1) is 0 Å². The number of benzene rings is 1. The summed E-state index contributed by atoms with van der Waals surface area (Å²) in [6, 6.07) is 7.08. The summed E-state index contributed by atoms with van der Waals surface area (Å²) in [7, 11) is 0. The topological polar surface area (TPSA) is 108 Å². The van der Waals surface area contributed by atoms with E-state index in [2.05, 4.69) is 15.9 Å². The maximum atomic E-state index is 11.6. The van der Waals surface area contributed by atoms with Gasteiger partial charge in [-0.25, -0.2) is 0 Å². The van der Waals surface area contributed by atoms with Gasteiger partial charge in [0.1, 0.15) is 24.9 Å². The maximum Gasteiger partial charge on any atom is 0.303 e. The minimum absolute atomic E-state index is 0.244. The molecule has 0 aromatic heterocycles. The van der Waals surface area contributed by atoms with Crippen LogP contribution in [0.2, 0.25) is 0 Å². The van der Waals surface area contributed by atoms with Crippen molar-refractivity contribution in [3.63, 3.8) is 0 Å². The average molecular weight is 445 g/mol. The number of hydrogen-bond donors (Lipinski definition) is 1. The van der Waals surface area contributed by atoms with Gasteiger partial charge in [0, 0.05) is 25.2 Å². The molecule has 0 aliphatic carbocycles. The van der Waals surface area contributed by atoms with Gasteiger partial charge in [-0.15, -0.1) is 0 Å². The Morgan fingerprint density at radius 3 is 2.26 bits per heavy atom. The van der Waals surface area contributed by atoms with Gasteiger partial charge in [-0.3, -0.25) is 14.4 Å². The Morgan fingerprint density at radius 1 is 1.07 bits per heavy atom. The van der Waals surface area contributed by atoms with Crippen molar-refractivity contribution in [3.8, 4) is 0 Å². The fourth-order valence-electron chi connectivity index (χ4n) is 2.86. The highest BCUT2D eigenvalue weighted by molar-refractivity contribution is 9.10. The summed E-state index contributed by atoms with van der Waals surface area (Å²) in [4.78, 5) is 34.3. The number of aliphatic hydroxyl groups is 1. The lowest BCUT2D eigenvalue weighted by Crippen LogP contribution is -2.58. The molecule has 2 rings (SSSR count). The third-order valence-corrected chi connectivity index (χ3v) is 4.39. The predicted octanol–water partition coefficient (Wildman–Crippen LogP) is 1.68. The van der Waals surface area contributed by atoms with Gasteiger partial charge in [-0.1, -0.05) is 28.1 Å². The third-order valence-electron chi connectivity index (χ3n) is 3.89. The van der Waals surface area contributed by atoms with E-state index in [0.29, 0.717) is 5.56 Å². The second kappa shape index (κ2) is 9.29. The van der Waals surface area contributed by atoms with E-state index in [-0.39, 0.29) is 6.61 Å². The first kappa shape index (κ1) is 21.3. The van der Waals surface area contributed by atoms with Crippen LogP contribution in [0.1, 0.15) is 32.4 Å². The summed E-state index contributed by atoms with van der Waals surface area (Å²) in [5.74, 6) is -1.82. The summed E-state index contributed by atoms with van der Waals surface area (Å²) in [6.45, 7) is 3.38. The van der Waals surface area contributed by atoms with Gasteiger partial charge in [0.15, 0.2) is 12.2 Å². The molecule has 0 radical (unpaired) electrons. The van der Waals surface area contributed by atoms with Crippen LogP contribution >= 0.6 is 15.9 Å². The monoisotopic (exact) mass is 444 g/mol. The normalized spacial score (nSPS) is 27.5. The van der Waals surface area contributed by atoms with Crippen LogP contribution in [-0.4, -0.2) is 54.0 Å². The molecule has 1 fully saturated rings. The summed E-state index contributed by atoms with van der Waals surface area (Å²) in [6.07, 6.45) is -5.45. The Balaban J connectivity index is 2.41. The lowest BCUT2D eigenvalue weighted by Gasteiger charge is -2.43. The zero-order valence-corrected chi connectivity index (χ0v) is 16.7. The molecule has 1 aromatic rings. The van der Waals surface area contributed by atoms with E-state index >= 15 is 0 Å². The van der Waals surface area contributed by atoms with Crippen molar-refractivity contribution in [1.29, 1.82) is 0 Å². The van der Waals surface area contributed by atoms with Crippen molar-refractivity contribution in [1.82, 2.24) is 0 Å². The summed E-state index contributed by atoms with van der Waals surface area (Å²) in [5.41, 5.74) is 0.632. The molecule has 1 N–H and O–H groups in total. The number of esters is 3. The molecule has 1 heterocycles. The van der Waals surface area contributed by atoms with Gasteiger partial charge < -0.3 is 24.1 Å². The van der Waals surface area contributed by atoms with E-state index in [4.69, 9.17) is 18.9 Å². The zero-order valence-electron chi connectivity index (χ0n) is 15.1. The van der Waals surface area contributed by atoms with Crippen LogP contribution in [-0.2, 0) is 33.3 Å². The van der Waals surface area contributed by atoms with Gasteiger partial charge in [0.2, 0.25) is 0 Å². The van der Waals surface area contributed by atoms with E-state index in [0.717, 1.165) is 4.47 Å². The van der Waals surface area contributed by atoms with Crippen molar-refractivity contribution >= 4 is 33.8 Å². The molecule has 1 unspecified atom stereocenters. The Labute approximate surface area is 164 Å². The molecule has 1 aliphatic rings. The molecule has 0 amide bonds. The van der Waals surface area contributed by atoms with Gasteiger partial charge in [0.05, 0.1) is 0 Å². The molecule has 1 aromatic carbocycles. The Morgan fingerprint density at radius 2 is 1.70 bits per heavy atom. The van der Waals surface area contributed by atoms with E-state index in [1.54, 1.807) is 18.2 Å². The number of hydrogen-bond acceptors (Lipinski definition) is 8. The standard InChI is InChI=1S/C18H21BrO8/c1-9(20)24-8-14-15(23)17(25-10(2)21)18(26-11(3)22)16(27-14)12-5-4-6-13(19)7-12/h4-7,14-18,23H,8H2,1-3H3/t14-,15-,16?,17+,18-/m1/s1. The number of aliphatic hydroxyl groups excluding tert-OH is 1. The predicted molar refractivity (Wildman–Crippen MR) is 95.5 cm³/mol. The van der Waals surface area contributed by atoms with Crippen LogP contribution in [0.15, 0.2) is 28.7 Å². The van der Waals surface area contributed by atoms with Gasteiger partial charge in [-0.05, 0) is 17.7 Å². The third kappa shape index (κ3) is 5.75.